The van der Waals surface area contributed by atoms with Crippen LogP contribution in [0.1, 0.15) is 53.9 Å². The van der Waals surface area contributed by atoms with Crippen LogP contribution in [0.2, 0.25) is 0 Å². The van der Waals surface area contributed by atoms with E-state index in [1.165, 1.54) is 19.3 Å². The van der Waals surface area contributed by atoms with Crippen molar-refractivity contribution in [3.05, 3.63) is 0 Å². The minimum atomic E-state index is 0.944. The number of hydrogen-bond donors (Lipinski definition) is 0. The minimum absolute atomic E-state index is 0.944. The molecule has 0 aromatic carbocycles. The van der Waals surface area contributed by atoms with E-state index in [1.807, 2.05) is 6.92 Å². The normalized spacial score (nSPS) is 7.09. The molecule has 0 radical (unpaired) electrons. The van der Waals surface area contributed by atoms with Crippen LogP contribution in [0.25, 0.3) is 0 Å². The van der Waals surface area contributed by atoms with E-state index < -0.39 is 0 Å². The third-order valence-corrected chi connectivity index (χ3v) is 0.816. The van der Waals surface area contributed by atoms with E-state index in [0.717, 1.165) is 6.61 Å². The van der Waals surface area contributed by atoms with Gasteiger partial charge < -0.3 is 4.74 Å². The van der Waals surface area contributed by atoms with Gasteiger partial charge in [-0.25, -0.2) is 0 Å². The van der Waals surface area contributed by atoms with E-state index in [2.05, 4.69) is 32.4 Å². The lowest BCUT2D eigenvalue weighted by atomic mass is 10.4. The second-order valence-electron chi connectivity index (χ2n) is 2.34. The van der Waals surface area contributed by atoms with Crippen molar-refractivity contribution in [2.24, 2.45) is 0 Å². The highest BCUT2D eigenvalue weighted by Gasteiger charge is 1.56. The van der Waals surface area contributed by atoms with Crippen LogP contribution in [0.15, 0.2) is 0 Å². The van der Waals surface area contributed by atoms with Crippen LogP contribution in [0.5, 0.6) is 0 Å². The van der Waals surface area contributed by atoms with Gasteiger partial charge in [-0.2, -0.15) is 0 Å². The molecular formula is C10H27O+. The first-order chi connectivity index (χ1) is 5.24. The molecule has 1 heteroatoms. The van der Waals surface area contributed by atoms with Gasteiger partial charge >= 0.3 is 0 Å². The van der Waals surface area contributed by atoms with Gasteiger partial charge in [0.05, 0.1) is 0 Å². The molecule has 0 aromatic heterocycles. The largest absolute Gasteiger partial charge is 0.436 e. The van der Waals surface area contributed by atoms with Crippen LogP contribution in [0.4, 0.5) is 0 Å². The summed E-state index contributed by atoms with van der Waals surface area (Å²) in [6, 6.07) is 0. The second-order valence-corrected chi connectivity index (χ2v) is 2.34. The molecule has 0 aliphatic heterocycles. The van der Waals surface area contributed by atoms with Crippen molar-refractivity contribution in [1.82, 2.24) is 0 Å². The lowest BCUT2D eigenvalue weighted by Gasteiger charge is -1.74. The van der Waals surface area contributed by atoms with E-state index in [4.69, 9.17) is 0 Å². The minimum Gasteiger partial charge on any atom is -0.436 e. The van der Waals surface area contributed by atoms with Crippen LogP contribution < -0.4 is 0 Å². The zero-order valence-corrected chi connectivity index (χ0v) is 9.28. The maximum absolute atomic E-state index is 3.74. The zero-order chi connectivity index (χ0) is 9.54. The predicted octanol–water partition coefficient (Wildman–Crippen LogP) is 3.39. The Morgan fingerprint density at radius 3 is 1.00 bits per heavy atom. The maximum atomic E-state index is 3.74. The predicted molar refractivity (Wildman–Crippen MR) is 55.2 cm³/mol. The van der Waals surface area contributed by atoms with E-state index in [9.17, 15) is 0 Å². The van der Waals surface area contributed by atoms with Crippen LogP contribution in [-0.4, -0.2) is 18.5 Å². The molecule has 0 amide bonds. The van der Waals surface area contributed by atoms with E-state index in [-0.39, 0.29) is 0 Å². The van der Waals surface area contributed by atoms with Crippen LogP contribution >= 0.6 is 0 Å². The smallest absolute Gasteiger partial charge is 0.141 e. The highest BCUT2D eigenvalue weighted by Crippen LogP contribution is 1.76. The molecule has 11 heavy (non-hydrogen) atoms. The van der Waals surface area contributed by atoms with Crippen molar-refractivity contribution in [2.75, 3.05) is 13.7 Å². The summed E-state index contributed by atoms with van der Waals surface area (Å²) in [6.45, 7) is 11.6. The Morgan fingerprint density at radius 1 is 0.818 bits per heavy atom. The van der Waals surface area contributed by atoms with Gasteiger partial charge in [0.1, 0.15) is 13.7 Å². The van der Waals surface area contributed by atoms with Crippen LogP contribution in [-0.2, 0) is 0 Å². The fourth-order valence-electron chi connectivity index (χ4n) is 0. The highest BCUT2D eigenvalue weighted by atomic mass is 16.5. The summed E-state index contributed by atoms with van der Waals surface area (Å²) in [7, 11) is 1.81. The standard InChI is InChI=1S/C4H10.C3H8O.C3H8/c2*1-3-4-2;1-3-2/h3-4H2,1-2H3;3H2,1-2H3;3H2,1-2H3/p+1. The van der Waals surface area contributed by atoms with Crippen molar-refractivity contribution in [3.63, 3.8) is 0 Å². The number of aliphatic hydroxyl groups is 2. The summed E-state index contributed by atoms with van der Waals surface area (Å²) in [5.41, 5.74) is 0. The molecule has 0 bridgehead atoms. The van der Waals surface area contributed by atoms with Gasteiger partial charge in [-0.1, -0.05) is 47.0 Å². The molecule has 0 atom stereocenters. The van der Waals surface area contributed by atoms with Crippen molar-refractivity contribution in [3.8, 4) is 0 Å². The number of unbranched alkanes of at least 4 members (excludes halogenated alkanes) is 1. The molecule has 0 saturated heterocycles. The van der Waals surface area contributed by atoms with Crippen molar-refractivity contribution < 1.29 is 4.74 Å². The molecule has 0 aromatic rings. The quantitative estimate of drug-likeness (QED) is 0.554. The Balaban J connectivity index is -0.0000000886. The Kier molecular flexibility index (Phi) is 50.7. The van der Waals surface area contributed by atoms with Gasteiger partial charge in [-0.15, -0.1) is 0 Å². The monoisotopic (exact) mass is 163 g/mol. The third-order valence-electron chi connectivity index (χ3n) is 0.816. The summed E-state index contributed by atoms with van der Waals surface area (Å²) < 4.78 is 3.74. The summed E-state index contributed by atoms with van der Waals surface area (Å²) in [4.78, 5) is 0. The van der Waals surface area contributed by atoms with Gasteiger partial charge in [0.2, 0.25) is 0 Å². The van der Waals surface area contributed by atoms with Crippen molar-refractivity contribution >= 4 is 0 Å². The molecule has 0 spiro atoms. The Labute approximate surface area is 73.1 Å². The summed E-state index contributed by atoms with van der Waals surface area (Å²) >= 11 is 0. The molecule has 72 valence electrons. The first-order valence-electron chi connectivity index (χ1n) is 4.80. The maximum Gasteiger partial charge on any atom is 0.141 e. The van der Waals surface area contributed by atoms with E-state index in [0.29, 0.717) is 0 Å². The fraction of sp³-hybridized carbons (Fsp3) is 1.00. The van der Waals surface area contributed by atoms with Gasteiger partial charge in [-0.05, 0) is 0 Å². The molecule has 0 saturated carbocycles. The van der Waals surface area contributed by atoms with Gasteiger partial charge in [0.15, 0.2) is 0 Å². The van der Waals surface area contributed by atoms with Crippen molar-refractivity contribution in [2.45, 2.75) is 53.9 Å². The van der Waals surface area contributed by atoms with E-state index in [1.54, 1.807) is 7.11 Å². The average molecular weight is 163 g/mol. The lowest BCUT2D eigenvalue weighted by Crippen LogP contribution is -1.82. The zero-order valence-electron chi connectivity index (χ0n) is 9.28. The van der Waals surface area contributed by atoms with Gasteiger partial charge in [0.25, 0.3) is 0 Å². The number of rotatable bonds is 2. The molecular weight excluding hydrogens is 136 g/mol. The summed E-state index contributed by atoms with van der Waals surface area (Å²) in [5.74, 6) is 0. The molecule has 0 aliphatic rings. The topological polar surface area (TPSA) is 12.8 Å². The summed E-state index contributed by atoms with van der Waals surface area (Å²) in [6.07, 6.45) is 3.89. The Morgan fingerprint density at radius 2 is 1.00 bits per heavy atom. The second kappa shape index (κ2) is 32.5. The molecule has 0 fully saturated rings. The van der Waals surface area contributed by atoms with E-state index >= 15 is 0 Å². The van der Waals surface area contributed by atoms with Crippen LogP contribution in [0, 0.1) is 0 Å². The molecule has 1 N–H and O–H groups in total. The fourth-order valence-corrected chi connectivity index (χ4v) is 0. The first-order valence-corrected chi connectivity index (χ1v) is 4.80. The Hall–Kier alpha value is -0.0400. The highest BCUT2D eigenvalue weighted by molar-refractivity contribution is 4.12. The van der Waals surface area contributed by atoms with Gasteiger partial charge in [-0.3, -0.25) is 0 Å². The number of ether oxygens (including phenoxy) is 1. The molecule has 1 nitrogen and oxygen atoms in total. The van der Waals surface area contributed by atoms with Crippen molar-refractivity contribution in [1.29, 1.82) is 0 Å². The first kappa shape index (κ1) is 17.2. The molecule has 0 unspecified atom stereocenters. The SMILES string of the molecule is CCC.CCCC.CC[OH+]C. The van der Waals surface area contributed by atoms with Gasteiger partial charge in [0, 0.05) is 6.92 Å². The lowest BCUT2D eigenvalue weighted by molar-refractivity contribution is 0.0269. The van der Waals surface area contributed by atoms with Crippen LogP contribution in [0.3, 0.4) is 0 Å². The Bertz CT molecular complexity index is 20.1. The molecule has 0 heterocycles. The summed E-state index contributed by atoms with van der Waals surface area (Å²) in [5, 5.41) is 0. The number of hydrogen-bond acceptors (Lipinski definition) is 0. The third kappa shape index (κ3) is 164. The average Bonchev–Trinajstić information content (AvgIpc) is 2.06. The molecule has 0 aliphatic carbocycles. The molecule has 0 rings (SSSR count).